The Hall–Kier alpha value is -2.38. The van der Waals surface area contributed by atoms with Gasteiger partial charge in [-0.1, -0.05) is 46.5 Å². The van der Waals surface area contributed by atoms with Crippen molar-refractivity contribution in [1.82, 2.24) is 9.88 Å². The predicted molar refractivity (Wildman–Crippen MR) is 111 cm³/mol. The minimum Gasteiger partial charge on any atom is -0.454 e. The van der Waals surface area contributed by atoms with Gasteiger partial charge in [0, 0.05) is 19.5 Å². The zero-order valence-electron chi connectivity index (χ0n) is 18.1. The van der Waals surface area contributed by atoms with Crippen molar-refractivity contribution < 1.29 is 19.2 Å². The highest BCUT2D eigenvalue weighted by Crippen LogP contribution is 2.28. The van der Waals surface area contributed by atoms with Gasteiger partial charge in [0.1, 0.15) is 12.1 Å². The number of ether oxygens (including phenoxy) is 1. The molecule has 1 rings (SSSR count). The molecule has 8 heteroatoms. The Labute approximate surface area is 173 Å². The maximum atomic E-state index is 12.7. The smallest absolute Gasteiger partial charge is 0.329 e. The minimum atomic E-state index is -0.715. The summed E-state index contributed by atoms with van der Waals surface area (Å²) in [7, 11) is 1.70. The first-order valence-electron chi connectivity index (χ1n) is 10.6. The zero-order chi connectivity index (χ0) is 21.8. The summed E-state index contributed by atoms with van der Waals surface area (Å²) in [5, 5.41) is 13.9. The van der Waals surface area contributed by atoms with Gasteiger partial charge in [0.25, 0.3) is 5.69 Å². The molecule has 1 aromatic rings. The first-order valence-corrected chi connectivity index (χ1v) is 10.6. The van der Waals surface area contributed by atoms with Crippen LogP contribution in [0.25, 0.3) is 0 Å². The van der Waals surface area contributed by atoms with E-state index in [-0.39, 0.29) is 11.6 Å². The molecule has 0 bridgehead atoms. The van der Waals surface area contributed by atoms with Crippen LogP contribution in [-0.4, -0.2) is 27.4 Å². The highest BCUT2D eigenvalue weighted by molar-refractivity contribution is 5.84. The van der Waals surface area contributed by atoms with Gasteiger partial charge < -0.3 is 14.6 Å². The van der Waals surface area contributed by atoms with Crippen LogP contribution in [0.2, 0.25) is 0 Å². The van der Waals surface area contributed by atoms with E-state index in [1.165, 1.54) is 12.3 Å². The van der Waals surface area contributed by atoms with Crippen molar-refractivity contribution in [2.24, 2.45) is 7.05 Å². The normalized spacial score (nSPS) is 13.0. The van der Waals surface area contributed by atoms with E-state index in [1.807, 2.05) is 6.92 Å². The quantitative estimate of drug-likeness (QED) is 0.210. The number of hydrogen-bond acceptors (Lipinski definition) is 5. The molecule has 1 aromatic heterocycles. The standard InChI is InChI=1S/C21H35N3O5/c1-5-8-10-12-19(18-14-16(24(27)28)15-23(18)4)29-21(26)17(7-3)22-20(25)13-11-9-6-2/h14-15,17,19H,5-13H2,1-4H3,(H,22,25). The number of carbonyl (C=O) groups excluding carboxylic acids is 2. The summed E-state index contributed by atoms with van der Waals surface area (Å²) in [6.07, 6.45) is 7.85. The van der Waals surface area contributed by atoms with Crippen molar-refractivity contribution in [2.45, 2.75) is 90.7 Å². The lowest BCUT2D eigenvalue weighted by molar-refractivity contribution is -0.384. The number of esters is 1. The Kier molecular flexibility index (Phi) is 11.0. The fourth-order valence-corrected chi connectivity index (χ4v) is 3.18. The Morgan fingerprint density at radius 3 is 2.38 bits per heavy atom. The van der Waals surface area contributed by atoms with Crippen LogP contribution >= 0.6 is 0 Å². The minimum absolute atomic E-state index is 0.0321. The molecule has 0 aromatic carbocycles. The van der Waals surface area contributed by atoms with Gasteiger partial charge in [-0.15, -0.1) is 0 Å². The highest BCUT2D eigenvalue weighted by atomic mass is 16.6. The van der Waals surface area contributed by atoms with Crippen molar-refractivity contribution in [1.29, 1.82) is 0 Å². The number of aromatic nitrogens is 1. The second kappa shape index (κ2) is 13.0. The fraction of sp³-hybridized carbons (Fsp3) is 0.714. The SMILES string of the molecule is CCCCCC(=O)NC(CC)C(=O)OC(CCCCC)c1cc([N+](=O)[O-])cn1C. The van der Waals surface area contributed by atoms with Gasteiger partial charge >= 0.3 is 5.97 Å². The number of amides is 1. The third-order valence-corrected chi connectivity index (χ3v) is 4.93. The third kappa shape index (κ3) is 8.25. The maximum absolute atomic E-state index is 12.7. The molecule has 1 N–H and O–H groups in total. The van der Waals surface area contributed by atoms with E-state index in [0.29, 0.717) is 25.0 Å². The molecule has 1 heterocycles. The molecule has 0 fully saturated rings. The van der Waals surface area contributed by atoms with Gasteiger partial charge in [-0.3, -0.25) is 14.9 Å². The summed E-state index contributed by atoms with van der Waals surface area (Å²) in [6.45, 7) is 5.96. The first kappa shape index (κ1) is 24.7. The Morgan fingerprint density at radius 2 is 1.83 bits per heavy atom. The van der Waals surface area contributed by atoms with Crippen molar-refractivity contribution in [3.63, 3.8) is 0 Å². The lowest BCUT2D eigenvalue weighted by Gasteiger charge is -2.22. The monoisotopic (exact) mass is 409 g/mol. The molecule has 0 saturated heterocycles. The molecule has 164 valence electrons. The van der Waals surface area contributed by atoms with Gasteiger partial charge in [0.05, 0.1) is 16.8 Å². The molecule has 2 atom stereocenters. The number of nitrogens with zero attached hydrogens (tertiary/aromatic N) is 2. The number of aryl methyl sites for hydroxylation is 1. The number of carbonyl (C=O) groups is 2. The number of hydrogen-bond donors (Lipinski definition) is 1. The molecule has 29 heavy (non-hydrogen) atoms. The second-order valence-electron chi connectivity index (χ2n) is 7.40. The summed E-state index contributed by atoms with van der Waals surface area (Å²) in [5.74, 6) is -0.652. The molecule has 0 radical (unpaired) electrons. The molecule has 1 amide bonds. The molecule has 0 saturated carbocycles. The molecule has 8 nitrogen and oxygen atoms in total. The summed E-state index contributed by atoms with van der Waals surface area (Å²) < 4.78 is 7.37. The van der Waals surface area contributed by atoms with Crippen LogP contribution in [0.4, 0.5) is 5.69 Å². The second-order valence-corrected chi connectivity index (χ2v) is 7.40. The number of nitro groups is 1. The predicted octanol–water partition coefficient (Wildman–Crippen LogP) is 4.57. The van der Waals surface area contributed by atoms with Crippen LogP contribution in [-0.2, 0) is 21.4 Å². The largest absolute Gasteiger partial charge is 0.454 e. The average molecular weight is 410 g/mol. The van der Waals surface area contributed by atoms with E-state index in [1.54, 1.807) is 11.6 Å². The van der Waals surface area contributed by atoms with Crippen molar-refractivity contribution >= 4 is 17.6 Å². The van der Waals surface area contributed by atoms with Crippen molar-refractivity contribution in [2.75, 3.05) is 0 Å². The van der Waals surface area contributed by atoms with Crippen LogP contribution in [0.3, 0.4) is 0 Å². The summed E-state index contributed by atoms with van der Waals surface area (Å²) >= 11 is 0. The summed E-state index contributed by atoms with van der Waals surface area (Å²) in [5.41, 5.74) is 0.556. The van der Waals surface area contributed by atoms with Crippen molar-refractivity contribution in [3.05, 3.63) is 28.1 Å². The number of nitrogens with one attached hydrogen (secondary N) is 1. The highest BCUT2D eigenvalue weighted by Gasteiger charge is 2.27. The molecule has 0 aliphatic heterocycles. The fourth-order valence-electron chi connectivity index (χ4n) is 3.18. The number of unbranched alkanes of at least 4 members (excludes halogenated alkanes) is 4. The molecule has 0 spiro atoms. The van der Waals surface area contributed by atoms with Gasteiger partial charge in [-0.05, 0) is 25.7 Å². The first-order chi connectivity index (χ1) is 13.8. The lowest BCUT2D eigenvalue weighted by atomic mass is 10.1. The van der Waals surface area contributed by atoms with E-state index < -0.39 is 23.0 Å². The topological polar surface area (TPSA) is 103 Å². The van der Waals surface area contributed by atoms with Crippen LogP contribution in [0.15, 0.2) is 12.3 Å². The average Bonchev–Trinajstić information content (AvgIpc) is 3.07. The van der Waals surface area contributed by atoms with Gasteiger partial charge in [-0.2, -0.15) is 0 Å². The molecule has 0 aliphatic carbocycles. The van der Waals surface area contributed by atoms with Gasteiger partial charge in [-0.25, -0.2) is 4.79 Å². The molecule has 2 unspecified atom stereocenters. The van der Waals surface area contributed by atoms with E-state index in [4.69, 9.17) is 4.74 Å². The van der Waals surface area contributed by atoms with Crippen LogP contribution in [0.1, 0.15) is 90.4 Å². The van der Waals surface area contributed by atoms with E-state index >= 15 is 0 Å². The van der Waals surface area contributed by atoms with E-state index in [9.17, 15) is 19.7 Å². The maximum Gasteiger partial charge on any atom is 0.329 e. The van der Waals surface area contributed by atoms with Crippen LogP contribution in [0.5, 0.6) is 0 Å². The summed E-state index contributed by atoms with van der Waals surface area (Å²) in [4.78, 5) is 35.5. The Bertz CT molecular complexity index is 671. The van der Waals surface area contributed by atoms with Crippen molar-refractivity contribution in [3.8, 4) is 0 Å². The van der Waals surface area contributed by atoms with Crippen LogP contribution < -0.4 is 5.32 Å². The van der Waals surface area contributed by atoms with E-state index in [0.717, 1.165) is 38.5 Å². The molecular weight excluding hydrogens is 374 g/mol. The molecule has 0 aliphatic rings. The number of rotatable bonds is 14. The Balaban J connectivity index is 2.86. The lowest BCUT2D eigenvalue weighted by Crippen LogP contribution is -2.41. The Morgan fingerprint density at radius 1 is 1.17 bits per heavy atom. The van der Waals surface area contributed by atoms with Gasteiger partial charge in [0.15, 0.2) is 0 Å². The molecular formula is C21H35N3O5. The summed E-state index contributed by atoms with van der Waals surface area (Å²) in [6, 6.07) is 0.738. The zero-order valence-corrected chi connectivity index (χ0v) is 18.1. The third-order valence-electron chi connectivity index (χ3n) is 4.93. The van der Waals surface area contributed by atoms with E-state index in [2.05, 4.69) is 19.2 Å². The van der Waals surface area contributed by atoms with Gasteiger partial charge in [0.2, 0.25) is 5.91 Å². The van der Waals surface area contributed by atoms with Crippen LogP contribution in [0, 0.1) is 10.1 Å².